The average Bonchev–Trinajstić information content (AvgIpc) is 2.63. The summed E-state index contributed by atoms with van der Waals surface area (Å²) in [7, 11) is 0. The molecule has 0 amide bonds. The molecule has 0 saturated heterocycles. The van der Waals surface area contributed by atoms with Gasteiger partial charge in [0.15, 0.2) is 0 Å². The van der Waals surface area contributed by atoms with Crippen LogP contribution >= 0.6 is 11.8 Å². The molecule has 1 aliphatic carbocycles. The van der Waals surface area contributed by atoms with Crippen LogP contribution in [0.4, 0.5) is 0 Å². The fourth-order valence-electron chi connectivity index (χ4n) is 1.68. The van der Waals surface area contributed by atoms with Crippen molar-refractivity contribution in [3.8, 4) is 0 Å². The van der Waals surface area contributed by atoms with Gasteiger partial charge in [-0.1, -0.05) is 12.8 Å². The summed E-state index contributed by atoms with van der Waals surface area (Å²) in [6.07, 6.45) is 5.91. The Kier molecular flexibility index (Phi) is 5.90. The molecule has 0 spiro atoms. The van der Waals surface area contributed by atoms with Crippen LogP contribution in [0.25, 0.3) is 0 Å². The third-order valence-corrected chi connectivity index (χ3v) is 4.06. The van der Waals surface area contributed by atoms with Crippen molar-refractivity contribution < 1.29 is 4.74 Å². The van der Waals surface area contributed by atoms with Gasteiger partial charge < -0.3 is 10.5 Å². The minimum absolute atomic E-state index is 0.211. The zero-order valence-electron chi connectivity index (χ0n) is 9.37. The molecule has 1 unspecified atom stereocenters. The van der Waals surface area contributed by atoms with Crippen molar-refractivity contribution in [1.29, 1.82) is 0 Å². The van der Waals surface area contributed by atoms with Gasteiger partial charge in [-0.3, -0.25) is 0 Å². The summed E-state index contributed by atoms with van der Waals surface area (Å²) >= 11 is 2.04. The van der Waals surface area contributed by atoms with Gasteiger partial charge in [0, 0.05) is 17.0 Å². The SMILES string of the molecule is CC(C)OCC(N)CSC1CCCC1. The molecular weight excluding hydrogens is 194 g/mol. The van der Waals surface area contributed by atoms with Gasteiger partial charge in [-0.05, 0) is 26.7 Å². The average molecular weight is 217 g/mol. The molecule has 0 radical (unpaired) electrons. The molecule has 2 nitrogen and oxygen atoms in total. The fraction of sp³-hybridized carbons (Fsp3) is 1.00. The summed E-state index contributed by atoms with van der Waals surface area (Å²) in [6.45, 7) is 4.81. The number of nitrogens with two attached hydrogens (primary N) is 1. The number of thioether (sulfide) groups is 1. The van der Waals surface area contributed by atoms with Crippen LogP contribution in [-0.4, -0.2) is 29.8 Å². The van der Waals surface area contributed by atoms with Crippen LogP contribution in [-0.2, 0) is 4.74 Å². The minimum Gasteiger partial charge on any atom is -0.377 e. The first-order valence-corrected chi connectivity index (χ1v) is 6.72. The Balaban J connectivity index is 1.99. The first-order chi connectivity index (χ1) is 6.68. The highest BCUT2D eigenvalue weighted by Crippen LogP contribution is 2.29. The maximum absolute atomic E-state index is 5.95. The molecular formula is C11H23NOS. The molecule has 0 aromatic rings. The lowest BCUT2D eigenvalue weighted by Crippen LogP contribution is -2.30. The van der Waals surface area contributed by atoms with Gasteiger partial charge in [-0.25, -0.2) is 0 Å². The van der Waals surface area contributed by atoms with Crippen LogP contribution in [0.2, 0.25) is 0 Å². The van der Waals surface area contributed by atoms with Crippen molar-refractivity contribution in [2.45, 2.75) is 56.9 Å². The number of hydrogen-bond donors (Lipinski definition) is 1. The second-order valence-electron chi connectivity index (χ2n) is 4.38. The number of ether oxygens (including phenoxy) is 1. The second-order valence-corrected chi connectivity index (χ2v) is 5.72. The smallest absolute Gasteiger partial charge is 0.0629 e. The third kappa shape index (κ3) is 5.23. The Bertz CT molecular complexity index is 146. The molecule has 2 N–H and O–H groups in total. The Hall–Kier alpha value is 0.270. The topological polar surface area (TPSA) is 35.2 Å². The van der Waals surface area contributed by atoms with Crippen molar-refractivity contribution in [3.05, 3.63) is 0 Å². The van der Waals surface area contributed by atoms with E-state index in [1.54, 1.807) is 0 Å². The first-order valence-electron chi connectivity index (χ1n) is 5.67. The van der Waals surface area contributed by atoms with Gasteiger partial charge in [-0.2, -0.15) is 11.8 Å². The molecule has 0 bridgehead atoms. The highest BCUT2D eigenvalue weighted by Gasteiger charge is 2.16. The molecule has 0 heterocycles. The van der Waals surface area contributed by atoms with E-state index < -0.39 is 0 Å². The van der Waals surface area contributed by atoms with E-state index in [0.29, 0.717) is 12.7 Å². The van der Waals surface area contributed by atoms with E-state index in [2.05, 4.69) is 13.8 Å². The predicted octanol–water partition coefficient (Wildman–Crippen LogP) is 2.41. The van der Waals surface area contributed by atoms with Crippen molar-refractivity contribution in [2.24, 2.45) is 5.73 Å². The van der Waals surface area contributed by atoms with E-state index in [0.717, 1.165) is 11.0 Å². The van der Waals surface area contributed by atoms with E-state index in [4.69, 9.17) is 10.5 Å². The molecule has 0 aromatic carbocycles. The summed E-state index contributed by atoms with van der Waals surface area (Å²) in [5, 5.41) is 0.875. The Morgan fingerprint density at radius 1 is 1.36 bits per heavy atom. The number of rotatable bonds is 6. The largest absolute Gasteiger partial charge is 0.377 e. The van der Waals surface area contributed by atoms with Crippen LogP contribution in [0.5, 0.6) is 0 Å². The highest BCUT2D eigenvalue weighted by molar-refractivity contribution is 7.99. The molecule has 14 heavy (non-hydrogen) atoms. The molecule has 1 fully saturated rings. The second kappa shape index (κ2) is 6.70. The molecule has 1 atom stereocenters. The van der Waals surface area contributed by atoms with Crippen molar-refractivity contribution >= 4 is 11.8 Å². The monoisotopic (exact) mass is 217 g/mol. The van der Waals surface area contributed by atoms with Crippen LogP contribution in [0, 0.1) is 0 Å². The van der Waals surface area contributed by atoms with Crippen molar-refractivity contribution in [3.63, 3.8) is 0 Å². The van der Waals surface area contributed by atoms with E-state index >= 15 is 0 Å². The maximum Gasteiger partial charge on any atom is 0.0629 e. The summed E-state index contributed by atoms with van der Waals surface area (Å²) < 4.78 is 5.48. The lowest BCUT2D eigenvalue weighted by molar-refractivity contribution is 0.0719. The van der Waals surface area contributed by atoms with Crippen LogP contribution in [0.1, 0.15) is 39.5 Å². The van der Waals surface area contributed by atoms with Crippen molar-refractivity contribution in [2.75, 3.05) is 12.4 Å². The zero-order chi connectivity index (χ0) is 10.4. The van der Waals surface area contributed by atoms with Gasteiger partial charge in [0.25, 0.3) is 0 Å². The molecule has 0 aromatic heterocycles. The summed E-state index contributed by atoms with van der Waals surface area (Å²) in [4.78, 5) is 0. The van der Waals surface area contributed by atoms with Gasteiger partial charge in [0.05, 0.1) is 12.7 Å². The van der Waals surface area contributed by atoms with E-state index in [1.165, 1.54) is 25.7 Å². The normalized spacial score (nSPS) is 20.6. The minimum atomic E-state index is 0.211. The van der Waals surface area contributed by atoms with Crippen LogP contribution < -0.4 is 5.73 Å². The maximum atomic E-state index is 5.95. The van der Waals surface area contributed by atoms with Gasteiger partial charge in [0.2, 0.25) is 0 Å². The van der Waals surface area contributed by atoms with E-state index in [1.807, 2.05) is 11.8 Å². The molecule has 0 aliphatic heterocycles. The van der Waals surface area contributed by atoms with Crippen LogP contribution in [0.15, 0.2) is 0 Å². The Labute approximate surface area is 92.0 Å². The highest BCUT2D eigenvalue weighted by atomic mass is 32.2. The fourth-order valence-corrected chi connectivity index (χ4v) is 2.96. The Morgan fingerprint density at radius 2 is 2.00 bits per heavy atom. The summed E-state index contributed by atoms with van der Waals surface area (Å²) in [6, 6.07) is 0.211. The van der Waals surface area contributed by atoms with E-state index in [9.17, 15) is 0 Å². The zero-order valence-corrected chi connectivity index (χ0v) is 10.2. The third-order valence-electron chi connectivity index (χ3n) is 2.49. The molecule has 1 saturated carbocycles. The number of hydrogen-bond acceptors (Lipinski definition) is 3. The van der Waals surface area contributed by atoms with Crippen LogP contribution in [0.3, 0.4) is 0 Å². The molecule has 1 aliphatic rings. The Morgan fingerprint density at radius 3 is 2.57 bits per heavy atom. The van der Waals surface area contributed by atoms with Gasteiger partial charge >= 0.3 is 0 Å². The van der Waals surface area contributed by atoms with Gasteiger partial charge in [0.1, 0.15) is 0 Å². The van der Waals surface area contributed by atoms with E-state index in [-0.39, 0.29) is 6.04 Å². The summed E-state index contributed by atoms with van der Waals surface area (Å²) in [5.74, 6) is 1.05. The molecule has 1 rings (SSSR count). The van der Waals surface area contributed by atoms with Gasteiger partial charge in [-0.15, -0.1) is 0 Å². The quantitative estimate of drug-likeness (QED) is 0.742. The molecule has 84 valence electrons. The summed E-state index contributed by atoms with van der Waals surface area (Å²) in [5.41, 5.74) is 5.95. The van der Waals surface area contributed by atoms with Crippen molar-refractivity contribution in [1.82, 2.24) is 0 Å². The lowest BCUT2D eigenvalue weighted by Gasteiger charge is -2.16. The standard InChI is InChI=1S/C11H23NOS/c1-9(2)13-7-10(12)8-14-11-5-3-4-6-11/h9-11H,3-8,12H2,1-2H3. The first kappa shape index (κ1) is 12.3. The predicted molar refractivity (Wildman–Crippen MR) is 63.8 cm³/mol. The molecule has 3 heteroatoms. The lowest BCUT2D eigenvalue weighted by atomic mass is 10.4.